The van der Waals surface area contributed by atoms with Crippen LogP contribution in [0.5, 0.6) is 11.5 Å². The van der Waals surface area contributed by atoms with E-state index in [1.165, 1.54) is 32.2 Å². The Hall–Kier alpha value is -4.92. The van der Waals surface area contributed by atoms with Crippen molar-refractivity contribution in [2.24, 2.45) is 15.3 Å². The van der Waals surface area contributed by atoms with Gasteiger partial charge in [-0.05, 0) is 72.7 Å². The van der Waals surface area contributed by atoms with Gasteiger partial charge in [-0.1, -0.05) is 0 Å². The summed E-state index contributed by atoms with van der Waals surface area (Å²) in [6, 6.07) is 14.4. The fourth-order valence-electron chi connectivity index (χ4n) is 3.96. The first-order valence-electron chi connectivity index (χ1n) is 12.4. The zero-order valence-corrected chi connectivity index (χ0v) is 23.6. The number of hydrazone groups is 1. The van der Waals surface area contributed by atoms with Crippen molar-refractivity contribution in [3.8, 4) is 11.5 Å². The minimum absolute atomic E-state index is 0.0927. The second-order valence-electron chi connectivity index (χ2n) is 8.97. The highest BCUT2D eigenvalue weighted by Crippen LogP contribution is 2.35. The number of aliphatic hydroxyl groups excluding tert-OH is 1. The van der Waals surface area contributed by atoms with Gasteiger partial charge in [0, 0.05) is 24.2 Å². The second kappa shape index (κ2) is 12.7. The number of anilines is 2. The number of nitrogens with zero attached hydrogens (tertiary/aromatic N) is 3. The molecule has 3 aromatic carbocycles. The monoisotopic (exact) mass is 593 g/mol. The van der Waals surface area contributed by atoms with E-state index in [4.69, 9.17) is 14.6 Å². The number of aliphatic hydroxyl groups is 1. The predicted molar refractivity (Wildman–Crippen MR) is 157 cm³/mol. The van der Waals surface area contributed by atoms with E-state index in [1.807, 2.05) is 0 Å². The van der Waals surface area contributed by atoms with E-state index in [2.05, 4.69) is 26.1 Å². The number of benzene rings is 3. The van der Waals surface area contributed by atoms with Crippen molar-refractivity contribution < 1.29 is 37.1 Å². The van der Waals surface area contributed by atoms with E-state index in [-0.39, 0.29) is 36.0 Å². The molecule has 1 aliphatic rings. The SMILES string of the molecule is COc1cc(/N=N/c2ccc(OCCO)cc2)c(C)cc1N/N=C1\C(=O)c2ccc(NC(C)=O)cc2C=C1S(=O)(=O)O. The van der Waals surface area contributed by atoms with Crippen LogP contribution < -0.4 is 20.2 Å². The van der Waals surface area contributed by atoms with Gasteiger partial charge in [-0.2, -0.15) is 23.7 Å². The first-order valence-corrected chi connectivity index (χ1v) is 13.9. The summed E-state index contributed by atoms with van der Waals surface area (Å²) in [5, 5.41) is 23.9. The van der Waals surface area contributed by atoms with Crippen LogP contribution in [0.1, 0.15) is 28.4 Å². The number of carbonyl (C=O) groups is 2. The molecule has 0 saturated heterocycles. The average Bonchev–Trinajstić information content (AvgIpc) is 2.94. The molecule has 4 N–H and O–H groups in total. The van der Waals surface area contributed by atoms with Gasteiger partial charge in [0.2, 0.25) is 11.7 Å². The van der Waals surface area contributed by atoms with Crippen LogP contribution in [0.3, 0.4) is 0 Å². The Balaban J connectivity index is 1.62. The summed E-state index contributed by atoms with van der Waals surface area (Å²) < 4.78 is 45.0. The van der Waals surface area contributed by atoms with Gasteiger partial charge in [0.25, 0.3) is 10.1 Å². The van der Waals surface area contributed by atoms with Crippen molar-refractivity contribution in [3.63, 3.8) is 0 Å². The van der Waals surface area contributed by atoms with Gasteiger partial charge in [-0.3, -0.25) is 19.6 Å². The Bertz CT molecular complexity index is 1730. The van der Waals surface area contributed by atoms with Crippen molar-refractivity contribution >= 4 is 56.3 Å². The third-order valence-corrected chi connectivity index (χ3v) is 6.77. The lowest BCUT2D eigenvalue weighted by Gasteiger charge is -2.18. The number of hydrogen-bond acceptors (Lipinski definition) is 11. The van der Waals surface area contributed by atoms with Gasteiger partial charge in [0.05, 0.1) is 30.8 Å². The molecule has 0 aromatic heterocycles. The molecule has 1 amide bonds. The molecular weight excluding hydrogens is 566 g/mol. The highest BCUT2D eigenvalue weighted by atomic mass is 32.2. The summed E-state index contributed by atoms with van der Waals surface area (Å²) in [5.41, 5.74) is 4.77. The number of ketones is 1. The number of carbonyl (C=O) groups excluding carboxylic acids is 2. The maximum atomic E-state index is 13.2. The van der Waals surface area contributed by atoms with Crippen molar-refractivity contribution in [2.45, 2.75) is 13.8 Å². The molecule has 0 fully saturated rings. The van der Waals surface area contributed by atoms with Gasteiger partial charge in [0.1, 0.15) is 23.0 Å². The Morgan fingerprint density at radius 1 is 1.05 bits per heavy atom. The molecule has 4 rings (SSSR count). The van der Waals surface area contributed by atoms with E-state index in [9.17, 15) is 22.6 Å². The number of rotatable bonds is 10. The molecule has 0 saturated carbocycles. The summed E-state index contributed by atoms with van der Waals surface area (Å²) in [6.07, 6.45) is 1.11. The number of azo groups is 1. The first kappa shape index (κ1) is 30.0. The molecule has 0 heterocycles. The van der Waals surface area contributed by atoms with Gasteiger partial charge in [-0.15, -0.1) is 0 Å². The summed E-state index contributed by atoms with van der Waals surface area (Å²) >= 11 is 0. The lowest BCUT2D eigenvalue weighted by atomic mass is 9.94. The molecule has 0 bridgehead atoms. The molecule has 0 atom stereocenters. The Labute approximate surface area is 241 Å². The van der Waals surface area contributed by atoms with Crippen LogP contribution in [0, 0.1) is 6.92 Å². The van der Waals surface area contributed by atoms with Gasteiger partial charge in [-0.25, -0.2) is 0 Å². The smallest absolute Gasteiger partial charge is 0.296 e. The standard InChI is InChI=1S/C28H27N5O8S/c1-16-12-24(25(40-3)15-23(16)31-30-19-4-7-21(8-5-19)41-11-10-34)32-33-27-26(42(37,38)39)14-18-13-20(29-17(2)35)6-9-22(18)28(27)36/h4-9,12-15,32,34H,10-11H2,1-3H3,(H,29,35)(H,37,38,39)/b31-30+,33-27-. The second-order valence-corrected chi connectivity index (χ2v) is 10.4. The highest BCUT2D eigenvalue weighted by Gasteiger charge is 2.33. The lowest BCUT2D eigenvalue weighted by Crippen LogP contribution is -2.27. The van der Waals surface area contributed by atoms with Crippen LogP contribution >= 0.6 is 0 Å². The number of fused-ring (bicyclic) bond motifs is 1. The van der Waals surface area contributed by atoms with Gasteiger partial charge in [0.15, 0.2) is 5.71 Å². The van der Waals surface area contributed by atoms with Crippen LogP contribution in [-0.2, 0) is 14.9 Å². The van der Waals surface area contributed by atoms with E-state index >= 15 is 0 Å². The Kier molecular flexibility index (Phi) is 9.10. The molecule has 42 heavy (non-hydrogen) atoms. The molecule has 218 valence electrons. The number of aryl methyl sites for hydroxylation is 1. The fourth-order valence-corrected chi connectivity index (χ4v) is 4.62. The number of hydrogen-bond donors (Lipinski definition) is 4. The van der Waals surface area contributed by atoms with E-state index < -0.39 is 26.5 Å². The number of Topliss-reactive ketones (excluding diaryl/α,β-unsaturated/α-hetero) is 1. The zero-order valence-electron chi connectivity index (χ0n) is 22.8. The van der Waals surface area contributed by atoms with Crippen LogP contribution in [-0.4, -0.2) is 55.8 Å². The van der Waals surface area contributed by atoms with Crippen LogP contribution in [0.4, 0.5) is 22.7 Å². The maximum absolute atomic E-state index is 13.2. The van der Waals surface area contributed by atoms with Crippen LogP contribution in [0.15, 0.2) is 74.8 Å². The van der Waals surface area contributed by atoms with E-state index in [0.29, 0.717) is 34.1 Å². The average molecular weight is 594 g/mol. The van der Waals surface area contributed by atoms with Crippen LogP contribution in [0.25, 0.3) is 6.08 Å². The molecule has 0 unspecified atom stereocenters. The number of nitrogens with one attached hydrogen (secondary N) is 2. The number of amides is 1. The topological polar surface area (TPSA) is 188 Å². The molecule has 0 spiro atoms. The van der Waals surface area contributed by atoms with Crippen molar-refractivity contribution in [3.05, 3.63) is 76.2 Å². The van der Waals surface area contributed by atoms with E-state index in [0.717, 1.165) is 6.08 Å². The van der Waals surface area contributed by atoms with Crippen molar-refractivity contribution in [1.29, 1.82) is 0 Å². The van der Waals surface area contributed by atoms with Gasteiger partial charge >= 0.3 is 0 Å². The highest BCUT2D eigenvalue weighted by molar-refractivity contribution is 7.91. The minimum Gasteiger partial charge on any atom is -0.494 e. The molecular formula is C28H27N5O8S. The fraction of sp³-hybridized carbons (Fsp3) is 0.179. The summed E-state index contributed by atoms with van der Waals surface area (Å²) in [6.45, 7) is 3.16. The predicted octanol–water partition coefficient (Wildman–Crippen LogP) is 4.64. The molecule has 14 heteroatoms. The third kappa shape index (κ3) is 7.04. The molecule has 3 aromatic rings. The summed E-state index contributed by atoms with van der Waals surface area (Å²) in [7, 11) is -3.45. The quantitative estimate of drug-likeness (QED) is 0.147. The largest absolute Gasteiger partial charge is 0.494 e. The van der Waals surface area contributed by atoms with Crippen molar-refractivity contribution in [2.75, 3.05) is 31.1 Å². The molecule has 13 nitrogen and oxygen atoms in total. The molecule has 1 aliphatic carbocycles. The molecule has 0 aliphatic heterocycles. The lowest BCUT2D eigenvalue weighted by molar-refractivity contribution is -0.114. The van der Waals surface area contributed by atoms with Gasteiger partial charge < -0.3 is 19.9 Å². The third-order valence-electron chi connectivity index (χ3n) is 5.91. The number of methoxy groups -OCH3 is 1. The normalized spacial score (nSPS) is 14.0. The molecule has 0 radical (unpaired) electrons. The summed E-state index contributed by atoms with van der Waals surface area (Å²) in [5.74, 6) is -0.249. The minimum atomic E-state index is -4.86. The summed E-state index contributed by atoms with van der Waals surface area (Å²) in [4.78, 5) is 23.9. The maximum Gasteiger partial charge on any atom is 0.296 e. The van der Waals surface area contributed by atoms with Crippen molar-refractivity contribution in [1.82, 2.24) is 0 Å². The zero-order chi connectivity index (χ0) is 30.4. The first-order chi connectivity index (χ1) is 20.0. The Morgan fingerprint density at radius 3 is 2.43 bits per heavy atom. The van der Waals surface area contributed by atoms with Crippen LogP contribution in [0.2, 0.25) is 0 Å². The number of allylic oxidation sites excluding steroid dienone is 1. The Morgan fingerprint density at radius 2 is 1.79 bits per heavy atom. The van der Waals surface area contributed by atoms with E-state index in [1.54, 1.807) is 43.3 Å². The number of ether oxygens (including phenoxy) is 2.